The number of piperidine rings is 1. The van der Waals surface area contributed by atoms with Crippen LogP contribution >= 0.6 is 11.6 Å². The number of carbonyl (C=O) groups is 1. The van der Waals surface area contributed by atoms with Gasteiger partial charge >= 0.3 is 0 Å². The number of carbonyl (C=O) groups excluding carboxylic acids is 1. The average Bonchev–Trinajstić information content (AvgIpc) is 3.17. The molecule has 1 fully saturated rings. The molecule has 2 heterocycles. The number of nitrogens with one attached hydrogen (secondary N) is 2. The Balaban J connectivity index is 1.76. The van der Waals surface area contributed by atoms with Crippen molar-refractivity contribution < 1.29 is 4.79 Å². The van der Waals surface area contributed by atoms with Crippen LogP contribution in [0.5, 0.6) is 0 Å². The van der Waals surface area contributed by atoms with Gasteiger partial charge in [0.15, 0.2) is 0 Å². The highest BCUT2D eigenvalue weighted by atomic mass is 35.5. The number of aryl methyl sites for hydroxylation is 1. The quantitative estimate of drug-likeness (QED) is 0.648. The summed E-state index contributed by atoms with van der Waals surface area (Å²) in [7, 11) is 0. The van der Waals surface area contributed by atoms with Gasteiger partial charge in [0, 0.05) is 11.6 Å². The fraction of sp³-hybridized carbons (Fsp3) is 0.304. The third-order valence-electron chi connectivity index (χ3n) is 5.71. The number of nitrogens with zero attached hydrogens (tertiary/aromatic N) is 2. The Morgan fingerprint density at radius 2 is 1.90 bits per heavy atom. The largest absolute Gasteiger partial charge is 0.322 e. The van der Waals surface area contributed by atoms with E-state index < -0.39 is 0 Å². The van der Waals surface area contributed by atoms with Crippen molar-refractivity contribution in [2.45, 2.75) is 32.6 Å². The minimum Gasteiger partial charge on any atom is -0.322 e. The molecule has 1 aliphatic heterocycles. The lowest BCUT2D eigenvalue weighted by atomic mass is 9.91. The van der Waals surface area contributed by atoms with E-state index in [-0.39, 0.29) is 11.8 Å². The molecule has 6 heteroatoms. The number of rotatable bonds is 4. The first kappa shape index (κ1) is 19.7. The molecule has 0 radical (unpaired) electrons. The van der Waals surface area contributed by atoms with Crippen molar-refractivity contribution >= 4 is 23.2 Å². The summed E-state index contributed by atoms with van der Waals surface area (Å²) in [6.07, 6.45) is 3.58. The maximum Gasteiger partial charge on any atom is 0.259 e. The van der Waals surface area contributed by atoms with E-state index in [2.05, 4.69) is 15.7 Å². The van der Waals surface area contributed by atoms with Crippen LogP contribution in [-0.2, 0) is 0 Å². The zero-order valence-electron chi connectivity index (χ0n) is 16.7. The van der Waals surface area contributed by atoms with Crippen LogP contribution in [0.2, 0.25) is 5.02 Å². The second-order valence-corrected chi connectivity index (χ2v) is 7.94. The maximum absolute atomic E-state index is 13.3. The predicted molar refractivity (Wildman–Crippen MR) is 117 cm³/mol. The monoisotopic (exact) mass is 408 g/mol. The standard InChI is InChI=1S/C23H25ClN4O/c1-15-6-5-8-20(16(15)2)27-23(29)18-14-26-28(21-9-4-3-7-19(21)24)22(18)17-10-12-25-13-11-17/h3-9,14,17,25H,10-13H2,1-2H3,(H,27,29). The number of para-hydroxylation sites is 1. The summed E-state index contributed by atoms with van der Waals surface area (Å²) in [5.74, 6) is 0.111. The SMILES string of the molecule is Cc1cccc(NC(=O)c2cnn(-c3ccccc3Cl)c2C2CCNCC2)c1C. The Kier molecular flexibility index (Phi) is 5.69. The lowest BCUT2D eigenvalue weighted by Gasteiger charge is -2.25. The van der Waals surface area contributed by atoms with E-state index in [0.29, 0.717) is 10.6 Å². The maximum atomic E-state index is 13.3. The van der Waals surface area contributed by atoms with E-state index in [0.717, 1.165) is 54.1 Å². The lowest BCUT2D eigenvalue weighted by molar-refractivity contribution is 0.102. The molecule has 0 spiro atoms. The first-order valence-corrected chi connectivity index (χ1v) is 10.3. The van der Waals surface area contributed by atoms with Gasteiger partial charge in [0.1, 0.15) is 0 Å². The molecule has 0 atom stereocenters. The van der Waals surface area contributed by atoms with Crippen LogP contribution in [0, 0.1) is 13.8 Å². The Bertz CT molecular complexity index is 1040. The molecule has 1 amide bonds. The summed E-state index contributed by atoms with van der Waals surface area (Å²) in [5, 5.41) is 11.7. The zero-order valence-corrected chi connectivity index (χ0v) is 17.5. The number of benzene rings is 2. The first-order valence-electron chi connectivity index (χ1n) is 9.97. The molecule has 1 saturated heterocycles. The van der Waals surface area contributed by atoms with Gasteiger partial charge in [0.05, 0.1) is 28.2 Å². The predicted octanol–water partition coefficient (Wildman–Crippen LogP) is 4.86. The molecule has 2 N–H and O–H groups in total. The third-order valence-corrected chi connectivity index (χ3v) is 6.03. The van der Waals surface area contributed by atoms with Crippen molar-refractivity contribution in [3.05, 3.63) is 76.1 Å². The fourth-order valence-corrected chi connectivity index (χ4v) is 4.13. The van der Waals surface area contributed by atoms with Crippen molar-refractivity contribution in [1.29, 1.82) is 0 Å². The molecule has 150 valence electrons. The van der Waals surface area contributed by atoms with Gasteiger partial charge in [-0.1, -0.05) is 35.9 Å². The van der Waals surface area contributed by atoms with Crippen molar-refractivity contribution in [3.63, 3.8) is 0 Å². The molecule has 29 heavy (non-hydrogen) atoms. The fourth-order valence-electron chi connectivity index (χ4n) is 3.91. The third kappa shape index (κ3) is 3.93. The van der Waals surface area contributed by atoms with E-state index in [1.54, 1.807) is 6.20 Å². The zero-order chi connectivity index (χ0) is 20.4. The molecule has 2 aromatic carbocycles. The normalized spacial score (nSPS) is 14.7. The highest BCUT2D eigenvalue weighted by Gasteiger charge is 2.27. The van der Waals surface area contributed by atoms with Crippen LogP contribution in [0.4, 0.5) is 5.69 Å². The number of hydrogen-bond donors (Lipinski definition) is 2. The summed E-state index contributed by atoms with van der Waals surface area (Å²) in [5.41, 5.74) is 5.39. The van der Waals surface area contributed by atoms with Crippen molar-refractivity contribution in [1.82, 2.24) is 15.1 Å². The Hall–Kier alpha value is -2.63. The van der Waals surface area contributed by atoms with Crippen LogP contribution in [0.15, 0.2) is 48.7 Å². The average molecular weight is 409 g/mol. The molecule has 1 aliphatic rings. The summed E-state index contributed by atoms with van der Waals surface area (Å²) < 4.78 is 1.84. The lowest BCUT2D eigenvalue weighted by Crippen LogP contribution is -2.29. The smallest absolute Gasteiger partial charge is 0.259 e. The van der Waals surface area contributed by atoms with Crippen LogP contribution < -0.4 is 10.6 Å². The molecule has 0 aliphatic carbocycles. The first-order chi connectivity index (χ1) is 14.1. The minimum absolute atomic E-state index is 0.134. The van der Waals surface area contributed by atoms with Crippen LogP contribution in [0.25, 0.3) is 5.69 Å². The highest BCUT2D eigenvalue weighted by Crippen LogP contribution is 2.32. The Morgan fingerprint density at radius 1 is 1.14 bits per heavy atom. The van der Waals surface area contributed by atoms with Gasteiger partial charge in [0.25, 0.3) is 5.91 Å². The molecule has 0 saturated carbocycles. The number of amides is 1. The van der Waals surface area contributed by atoms with E-state index in [1.165, 1.54) is 0 Å². The van der Waals surface area contributed by atoms with Crippen molar-refractivity contribution in [2.24, 2.45) is 0 Å². The topological polar surface area (TPSA) is 59.0 Å². The van der Waals surface area contributed by atoms with Crippen LogP contribution in [-0.4, -0.2) is 28.8 Å². The van der Waals surface area contributed by atoms with Crippen molar-refractivity contribution in [3.8, 4) is 5.69 Å². The van der Waals surface area contributed by atoms with E-state index in [1.807, 2.05) is 61.0 Å². The van der Waals surface area contributed by atoms with Crippen LogP contribution in [0.3, 0.4) is 0 Å². The van der Waals surface area contributed by atoms with Gasteiger partial charge in [-0.2, -0.15) is 5.10 Å². The summed E-state index contributed by atoms with van der Waals surface area (Å²) in [4.78, 5) is 13.3. The minimum atomic E-state index is -0.134. The molecular weight excluding hydrogens is 384 g/mol. The van der Waals surface area contributed by atoms with Gasteiger partial charge in [-0.05, 0) is 69.1 Å². The van der Waals surface area contributed by atoms with Gasteiger partial charge in [0.2, 0.25) is 0 Å². The number of halogens is 1. The summed E-state index contributed by atoms with van der Waals surface area (Å²) in [6.45, 7) is 5.92. The molecule has 3 aromatic rings. The second-order valence-electron chi connectivity index (χ2n) is 7.53. The Labute approximate surface area is 176 Å². The molecule has 4 rings (SSSR count). The van der Waals surface area contributed by atoms with E-state index in [4.69, 9.17) is 11.6 Å². The van der Waals surface area contributed by atoms with Gasteiger partial charge in [-0.25, -0.2) is 4.68 Å². The highest BCUT2D eigenvalue weighted by molar-refractivity contribution is 6.32. The van der Waals surface area contributed by atoms with Gasteiger partial charge in [-0.3, -0.25) is 4.79 Å². The molecule has 0 bridgehead atoms. The van der Waals surface area contributed by atoms with Gasteiger partial charge in [-0.15, -0.1) is 0 Å². The molecular formula is C23H25ClN4O. The molecule has 1 aromatic heterocycles. The van der Waals surface area contributed by atoms with E-state index >= 15 is 0 Å². The summed E-state index contributed by atoms with van der Waals surface area (Å²) >= 11 is 6.45. The number of hydrogen-bond acceptors (Lipinski definition) is 3. The van der Waals surface area contributed by atoms with Crippen LogP contribution in [0.1, 0.15) is 45.9 Å². The number of anilines is 1. The second kappa shape index (κ2) is 8.39. The van der Waals surface area contributed by atoms with Gasteiger partial charge < -0.3 is 10.6 Å². The molecule has 5 nitrogen and oxygen atoms in total. The number of aromatic nitrogens is 2. The molecule has 0 unspecified atom stereocenters. The van der Waals surface area contributed by atoms with Crippen molar-refractivity contribution in [2.75, 3.05) is 18.4 Å². The van der Waals surface area contributed by atoms with E-state index in [9.17, 15) is 4.79 Å². The Morgan fingerprint density at radius 3 is 2.66 bits per heavy atom. The summed E-state index contributed by atoms with van der Waals surface area (Å²) in [6, 6.07) is 13.5.